The predicted molar refractivity (Wildman–Crippen MR) is 118 cm³/mol. The van der Waals surface area contributed by atoms with Gasteiger partial charge in [0.05, 0.1) is 13.2 Å². The van der Waals surface area contributed by atoms with Crippen LogP contribution in [-0.4, -0.2) is 32.5 Å². The second-order valence-electron chi connectivity index (χ2n) is 9.11. The summed E-state index contributed by atoms with van der Waals surface area (Å²) in [4.78, 5) is 11.6. The Hall–Kier alpha value is -0.770. The zero-order chi connectivity index (χ0) is 20.3. The van der Waals surface area contributed by atoms with Crippen molar-refractivity contribution in [3.05, 3.63) is 0 Å². The molecule has 1 fully saturated rings. The third-order valence-electron chi connectivity index (χ3n) is 5.75. The first-order chi connectivity index (χ1) is 13.7. The highest BCUT2D eigenvalue weighted by Gasteiger charge is 2.34. The number of carbonyl (C=O) groups is 1. The van der Waals surface area contributed by atoms with Crippen LogP contribution in [0.5, 0.6) is 0 Å². The van der Waals surface area contributed by atoms with Crippen LogP contribution >= 0.6 is 0 Å². The standard InChI is InChI=1S/C24H47NO3/c1-3-4-5-6-7-8-9-10-11-12-13-14-15-16-17-18-19-25-23(26)28-22-24(2)20-27-21-24/h3-22H2,1-2H3,(H,25,26). The number of rotatable bonds is 19. The maximum Gasteiger partial charge on any atom is 0.407 e. The molecule has 0 aliphatic carbocycles. The molecule has 1 heterocycles. The summed E-state index contributed by atoms with van der Waals surface area (Å²) in [7, 11) is 0. The fourth-order valence-electron chi connectivity index (χ4n) is 3.69. The minimum atomic E-state index is -0.283. The fraction of sp³-hybridized carbons (Fsp3) is 0.958. The first-order valence-electron chi connectivity index (χ1n) is 12.1. The second kappa shape index (κ2) is 17.1. The van der Waals surface area contributed by atoms with Crippen LogP contribution < -0.4 is 5.32 Å². The third kappa shape index (κ3) is 14.3. The van der Waals surface area contributed by atoms with Crippen molar-refractivity contribution in [2.24, 2.45) is 5.41 Å². The van der Waals surface area contributed by atoms with Gasteiger partial charge >= 0.3 is 6.09 Å². The van der Waals surface area contributed by atoms with Gasteiger partial charge in [0.15, 0.2) is 0 Å². The van der Waals surface area contributed by atoms with E-state index in [2.05, 4.69) is 19.2 Å². The van der Waals surface area contributed by atoms with Crippen LogP contribution in [-0.2, 0) is 9.47 Å². The van der Waals surface area contributed by atoms with Gasteiger partial charge in [-0.15, -0.1) is 0 Å². The van der Waals surface area contributed by atoms with Crippen molar-refractivity contribution >= 4 is 6.09 Å². The van der Waals surface area contributed by atoms with Gasteiger partial charge in [-0.25, -0.2) is 4.79 Å². The largest absolute Gasteiger partial charge is 0.449 e. The van der Waals surface area contributed by atoms with Crippen LogP contribution in [0.15, 0.2) is 0 Å². The quantitative estimate of drug-likeness (QED) is 0.238. The van der Waals surface area contributed by atoms with Gasteiger partial charge in [0.25, 0.3) is 0 Å². The van der Waals surface area contributed by atoms with Crippen molar-refractivity contribution in [3.63, 3.8) is 0 Å². The molecule has 0 saturated carbocycles. The lowest BCUT2D eigenvalue weighted by atomic mass is 9.90. The minimum absolute atomic E-state index is 0.0333. The fourth-order valence-corrected chi connectivity index (χ4v) is 3.69. The van der Waals surface area contributed by atoms with Gasteiger partial charge in [0.1, 0.15) is 6.61 Å². The molecule has 0 aromatic heterocycles. The lowest BCUT2D eigenvalue weighted by molar-refractivity contribution is -0.125. The molecular weight excluding hydrogens is 350 g/mol. The Balaban J connectivity index is 1.70. The molecule has 1 aliphatic rings. The maximum absolute atomic E-state index is 11.6. The Kier molecular flexibility index (Phi) is 15.4. The van der Waals surface area contributed by atoms with Gasteiger partial charge < -0.3 is 14.8 Å². The summed E-state index contributed by atoms with van der Waals surface area (Å²) < 4.78 is 10.4. The summed E-state index contributed by atoms with van der Waals surface area (Å²) >= 11 is 0. The van der Waals surface area contributed by atoms with E-state index in [0.717, 1.165) is 13.0 Å². The smallest absolute Gasteiger partial charge is 0.407 e. The number of alkyl carbamates (subject to hydrolysis) is 1. The van der Waals surface area contributed by atoms with Crippen molar-refractivity contribution in [2.45, 2.75) is 117 Å². The normalized spacial score (nSPS) is 15.2. The molecule has 4 nitrogen and oxygen atoms in total. The highest BCUT2D eigenvalue weighted by atomic mass is 16.6. The zero-order valence-electron chi connectivity index (χ0n) is 18.9. The van der Waals surface area contributed by atoms with E-state index in [1.807, 2.05) is 0 Å². The molecule has 1 amide bonds. The Morgan fingerprint density at radius 3 is 1.61 bits per heavy atom. The van der Waals surface area contributed by atoms with Crippen molar-refractivity contribution < 1.29 is 14.3 Å². The molecule has 0 aromatic carbocycles. The van der Waals surface area contributed by atoms with Crippen molar-refractivity contribution in [1.82, 2.24) is 5.32 Å². The molecule has 0 atom stereocenters. The number of hydrogen-bond donors (Lipinski definition) is 1. The Bertz CT molecular complexity index is 369. The lowest BCUT2D eigenvalue weighted by Crippen LogP contribution is -2.44. The zero-order valence-corrected chi connectivity index (χ0v) is 18.9. The SMILES string of the molecule is CCCCCCCCCCCCCCCCCCNC(=O)OCC1(C)COC1. The molecule has 166 valence electrons. The molecule has 1 N–H and O–H groups in total. The molecule has 0 spiro atoms. The van der Waals surface area contributed by atoms with Crippen LogP contribution in [0.3, 0.4) is 0 Å². The van der Waals surface area contributed by atoms with Gasteiger partial charge in [0.2, 0.25) is 0 Å². The molecule has 1 rings (SSSR count). The van der Waals surface area contributed by atoms with Gasteiger partial charge in [-0.1, -0.05) is 110 Å². The number of unbranched alkanes of at least 4 members (excludes halogenated alkanes) is 15. The number of amides is 1. The van der Waals surface area contributed by atoms with Crippen LogP contribution in [0.4, 0.5) is 4.79 Å². The molecular formula is C24H47NO3. The Morgan fingerprint density at radius 2 is 1.21 bits per heavy atom. The van der Waals surface area contributed by atoms with E-state index < -0.39 is 0 Å². The van der Waals surface area contributed by atoms with E-state index in [1.54, 1.807) is 0 Å². The monoisotopic (exact) mass is 397 g/mol. The summed E-state index contributed by atoms with van der Waals surface area (Å²) in [6.45, 7) is 6.94. The molecule has 0 radical (unpaired) electrons. The lowest BCUT2D eigenvalue weighted by Gasteiger charge is -2.37. The average molecular weight is 398 g/mol. The second-order valence-corrected chi connectivity index (χ2v) is 9.11. The topological polar surface area (TPSA) is 47.6 Å². The van der Waals surface area contributed by atoms with Gasteiger partial charge in [-0.05, 0) is 6.42 Å². The Labute approximate surface area is 174 Å². The van der Waals surface area contributed by atoms with Gasteiger partial charge in [-0.2, -0.15) is 0 Å². The first kappa shape index (κ1) is 25.3. The van der Waals surface area contributed by atoms with E-state index in [9.17, 15) is 4.79 Å². The van der Waals surface area contributed by atoms with E-state index in [0.29, 0.717) is 19.8 Å². The third-order valence-corrected chi connectivity index (χ3v) is 5.75. The summed E-state index contributed by atoms with van der Waals surface area (Å²) in [6, 6.07) is 0. The highest BCUT2D eigenvalue weighted by molar-refractivity contribution is 5.67. The summed E-state index contributed by atoms with van der Waals surface area (Å²) in [5.41, 5.74) is 0.0333. The van der Waals surface area contributed by atoms with E-state index >= 15 is 0 Å². The van der Waals surface area contributed by atoms with Gasteiger partial charge in [-0.3, -0.25) is 0 Å². The van der Waals surface area contributed by atoms with E-state index in [-0.39, 0.29) is 11.5 Å². The van der Waals surface area contributed by atoms with Crippen LogP contribution in [0.25, 0.3) is 0 Å². The molecule has 1 saturated heterocycles. The Morgan fingerprint density at radius 1 is 0.786 bits per heavy atom. The van der Waals surface area contributed by atoms with Crippen LogP contribution in [0.2, 0.25) is 0 Å². The van der Waals surface area contributed by atoms with Crippen molar-refractivity contribution in [2.75, 3.05) is 26.4 Å². The minimum Gasteiger partial charge on any atom is -0.449 e. The number of ether oxygens (including phenoxy) is 2. The number of nitrogens with one attached hydrogen (secondary N) is 1. The van der Waals surface area contributed by atoms with E-state index in [4.69, 9.17) is 9.47 Å². The average Bonchev–Trinajstić information content (AvgIpc) is 2.67. The number of carbonyl (C=O) groups excluding carboxylic acids is 1. The first-order valence-corrected chi connectivity index (χ1v) is 12.1. The summed E-state index contributed by atoms with van der Waals surface area (Å²) in [6.07, 6.45) is 21.6. The molecule has 28 heavy (non-hydrogen) atoms. The van der Waals surface area contributed by atoms with Crippen molar-refractivity contribution in [1.29, 1.82) is 0 Å². The molecule has 1 aliphatic heterocycles. The highest BCUT2D eigenvalue weighted by Crippen LogP contribution is 2.26. The van der Waals surface area contributed by atoms with Crippen molar-refractivity contribution in [3.8, 4) is 0 Å². The summed E-state index contributed by atoms with van der Waals surface area (Å²) in [5.74, 6) is 0. The molecule has 0 unspecified atom stereocenters. The van der Waals surface area contributed by atoms with Gasteiger partial charge in [0, 0.05) is 12.0 Å². The maximum atomic E-state index is 11.6. The molecule has 4 heteroatoms. The van der Waals surface area contributed by atoms with E-state index in [1.165, 1.54) is 96.3 Å². The summed E-state index contributed by atoms with van der Waals surface area (Å²) in [5, 5.41) is 2.85. The van der Waals surface area contributed by atoms with Crippen LogP contribution in [0.1, 0.15) is 117 Å². The molecule has 0 bridgehead atoms. The predicted octanol–water partition coefficient (Wildman–Crippen LogP) is 7.01. The number of hydrogen-bond acceptors (Lipinski definition) is 3. The van der Waals surface area contributed by atoms with Crippen LogP contribution in [0, 0.1) is 5.41 Å². The molecule has 0 aromatic rings.